The monoisotopic (exact) mass is 130 g/mol. The van der Waals surface area contributed by atoms with Crippen LogP contribution in [-0.4, -0.2) is 6.29 Å². The summed E-state index contributed by atoms with van der Waals surface area (Å²) in [7, 11) is 0. The minimum Gasteiger partial charge on any atom is -0.298 e. The van der Waals surface area contributed by atoms with E-state index in [1.807, 2.05) is 6.07 Å². The highest BCUT2D eigenvalue weighted by Gasteiger charge is 1.93. The van der Waals surface area contributed by atoms with Gasteiger partial charge >= 0.3 is 0 Å². The molecule has 1 rings (SSSR count). The molecule has 0 atom stereocenters. The molecule has 1 aromatic carbocycles. The summed E-state index contributed by atoms with van der Waals surface area (Å²) in [5, 5.41) is 0. The molecule has 0 unspecified atom stereocenters. The Balaban J connectivity index is 3.24. The van der Waals surface area contributed by atoms with Crippen molar-refractivity contribution in [2.45, 2.75) is 0 Å². The van der Waals surface area contributed by atoms with E-state index in [1.54, 1.807) is 18.2 Å². The van der Waals surface area contributed by atoms with E-state index >= 15 is 0 Å². The van der Waals surface area contributed by atoms with E-state index in [2.05, 4.69) is 5.92 Å². The van der Waals surface area contributed by atoms with Crippen LogP contribution in [0.4, 0.5) is 0 Å². The minimum atomic E-state index is 0.574. The molecule has 0 spiro atoms. The number of hydrogen-bond acceptors (Lipinski definition) is 1. The van der Waals surface area contributed by atoms with Gasteiger partial charge in [0, 0.05) is 11.1 Å². The van der Waals surface area contributed by atoms with Gasteiger partial charge in [-0.25, -0.2) is 0 Å². The average molecular weight is 130 g/mol. The average Bonchev–Trinajstić information content (AvgIpc) is 2.04. The summed E-state index contributed by atoms with van der Waals surface area (Å²) in [5.41, 5.74) is 1.22. The summed E-state index contributed by atoms with van der Waals surface area (Å²) in [5.74, 6) is 2.42. The van der Waals surface area contributed by atoms with Crippen LogP contribution >= 0.6 is 0 Å². The van der Waals surface area contributed by atoms with Crippen molar-refractivity contribution in [3.05, 3.63) is 35.4 Å². The Kier molecular flexibility index (Phi) is 1.86. The first-order valence-corrected chi connectivity index (χ1v) is 2.89. The fourth-order valence-electron chi connectivity index (χ4n) is 0.731. The summed E-state index contributed by atoms with van der Waals surface area (Å²) in [6.45, 7) is 0. The van der Waals surface area contributed by atoms with Crippen molar-refractivity contribution in [2.24, 2.45) is 0 Å². The van der Waals surface area contributed by atoms with Gasteiger partial charge < -0.3 is 0 Å². The van der Waals surface area contributed by atoms with E-state index in [9.17, 15) is 4.79 Å². The molecule has 0 aliphatic heterocycles. The van der Waals surface area contributed by atoms with Gasteiger partial charge in [-0.05, 0) is 6.07 Å². The molecule has 0 aromatic heterocycles. The van der Waals surface area contributed by atoms with Crippen molar-refractivity contribution in [2.75, 3.05) is 0 Å². The largest absolute Gasteiger partial charge is 0.298 e. The third-order valence-electron chi connectivity index (χ3n) is 1.24. The molecule has 0 heterocycles. The van der Waals surface area contributed by atoms with Crippen molar-refractivity contribution >= 4 is 6.29 Å². The van der Waals surface area contributed by atoms with Gasteiger partial charge in [-0.2, -0.15) is 0 Å². The second-order valence-corrected chi connectivity index (χ2v) is 1.85. The number of rotatable bonds is 1. The van der Waals surface area contributed by atoms with Crippen molar-refractivity contribution < 1.29 is 4.79 Å². The van der Waals surface area contributed by atoms with Crippen molar-refractivity contribution in [1.82, 2.24) is 0 Å². The van der Waals surface area contributed by atoms with Crippen LogP contribution in [0.2, 0.25) is 0 Å². The molecule has 1 nitrogen and oxygen atoms in total. The first-order chi connectivity index (χ1) is 4.88. The summed E-state index contributed by atoms with van der Waals surface area (Å²) < 4.78 is 0. The first-order valence-electron chi connectivity index (χ1n) is 2.89. The van der Waals surface area contributed by atoms with E-state index in [-0.39, 0.29) is 0 Å². The normalized spacial score (nSPS) is 8.30. The van der Waals surface area contributed by atoms with Gasteiger partial charge in [-0.1, -0.05) is 24.1 Å². The highest BCUT2D eigenvalue weighted by Crippen LogP contribution is 2.02. The van der Waals surface area contributed by atoms with Gasteiger partial charge in [0.2, 0.25) is 0 Å². The third-order valence-corrected chi connectivity index (χ3v) is 1.24. The van der Waals surface area contributed by atoms with Gasteiger partial charge in [0.05, 0.1) is 0 Å². The quantitative estimate of drug-likeness (QED) is 0.415. The predicted octanol–water partition coefficient (Wildman–Crippen LogP) is 1.48. The lowest BCUT2D eigenvalue weighted by Gasteiger charge is -1.91. The molecule has 0 saturated carbocycles. The SMILES string of the molecule is C#Cc1ccccc1C=O. The Morgan fingerprint density at radius 1 is 1.40 bits per heavy atom. The third kappa shape index (κ3) is 1.06. The molecule has 0 N–H and O–H groups in total. The lowest BCUT2D eigenvalue weighted by Crippen LogP contribution is -1.84. The molecule has 0 aliphatic rings. The van der Waals surface area contributed by atoms with Crippen LogP contribution < -0.4 is 0 Å². The Hall–Kier alpha value is -1.55. The standard InChI is InChI=1S/C9H6O/c1-2-8-5-3-4-6-9(8)7-10/h1,3-7H. The van der Waals surface area contributed by atoms with Gasteiger partial charge in [0.15, 0.2) is 6.29 Å². The first kappa shape index (κ1) is 6.57. The second kappa shape index (κ2) is 2.84. The summed E-state index contributed by atoms with van der Waals surface area (Å²) in [6, 6.07) is 7.03. The van der Waals surface area contributed by atoms with Crippen molar-refractivity contribution in [3.63, 3.8) is 0 Å². The second-order valence-electron chi connectivity index (χ2n) is 1.85. The Morgan fingerprint density at radius 2 is 2.10 bits per heavy atom. The highest BCUT2D eigenvalue weighted by atomic mass is 16.1. The van der Waals surface area contributed by atoms with Crippen molar-refractivity contribution in [3.8, 4) is 12.3 Å². The lowest BCUT2D eigenvalue weighted by molar-refractivity contribution is 0.112. The smallest absolute Gasteiger partial charge is 0.151 e. The van der Waals surface area contributed by atoms with Crippen LogP contribution in [0.1, 0.15) is 15.9 Å². The molecule has 0 aliphatic carbocycles. The van der Waals surface area contributed by atoms with E-state index in [4.69, 9.17) is 6.42 Å². The zero-order valence-electron chi connectivity index (χ0n) is 5.37. The maximum atomic E-state index is 10.3. The number of benzene rings is 1. The van der Waals surface area contributed by atoms with Crippen LogP contribution in [0, 0.1) is 12.3 Å². The predicted molar refractivity (Wildman–Crippen MR) is 39.8 cm³/mol. The fourth-order valence-corrected chi connectivity index (χ4v) is 0.731. The molecule has 0 bridgehead atoms. The number of terminal acetylenes is 1. The van der Waals surface area contributed by atoms with Crippen LogP contribution in [0.3, 0.4) is 0 Å². The Morgan fingerprint density at radius 3 is 2.60 bits per heavy atom. The van der Waals surface area contributed by atoms with Crippen molar-refractivity contribution in [1.29, 1.82) is 0 Å². The van der Waals surface area contributed by atoms with Crippen LogP contribution in [0.25, 0.3) is 0 Å². The minimum absolute atomic E-state index is 0.574. The molecule has 1 aromatic rings. The number of hydrogen-bond donors (Lipinski definition) is 0. The highest BCUT2D eigenvalue weighted by molar-refractivity contribution is 5.79. The molecule has 48 valence electrons. The maximum absolute atomic E-state index is 10.3. The number of carbonyl (C=O) groups is 1. The molecule has 0 radical (unpaired) electrons. The molecular weight excluding hydrogens is 124 g/mol. The zero-order valence-corrected chi connectivity index (χ0v) is 5.37. The maximum Gasteiger partial charge on any atom is 0.151 e. The Bertz CT molecular complexity index is 281. The van der Waals surface area contributed by atoms with Gasteiger partial charge in [0.25, 0.3) is 0 Å². The van der Waals surface area contributed by atoms with E-state index in [0.717, 1.165) is 6.29 Å². The molecule has 0 fully saturated rings. The molecule has 10 heavy (non-hydrogen) atoms. The molecule has 0 saturated heterocycles. The van der Waals surface area contributed by atoms with E-state index in [1.165, 1.54) is 0 Å². The van der Waals surface area contributed by atoms with Gasteiger partial charge in [-0.15, -0.1) is 6.42 Å². The molecule has 0 amide bonds. The molecule has 1 heteroatoms. The summed E-state index contributed by atoms with van der Waals surface area (Å²) >= 11 is 0. The lowest BCUT2D eigenvalue weighted by atomic mass is 10.1. The molecular formula is C9H6O. The van der Waals surface area contributed by atoms with Gasteiger partial charge in [-0.3, -0.25) is 4.79 Å². The Labute approximate surface area is 59.7 Å². The number of carbonyl (C=O) groups excluding carboxylic acids is 1. The van der Waals surface area contributed by atoms with Crippen LogP contribution in [0.15, 0.2) is 24.3 Å². The van der Waals surface area contributed by atoms with E-state index in [0.29, 0.717) is 11.1 Å². The topological polar surface area (TPSA) is 17.1 Å². The van der Waals surface area contributed by atoms with Gasteiger partial charge in [0.1, 0.15) is 0 Å². The zero-order chi connectivity index (χ0) is 7.40. The summed E-state index contributed by atoms with van der Waals surface area (Å²) in [4.78, 5) is 10.3. The number of aldehydes is 1. The summed E-state index contributed by atoms with van der Waals surface area (Å²) in [6.07, 6.45) is 5.88. The fraction of sp³-hybridized carbons (Fsp3) is 0. The van der Waals surface area contributed by atoms with Crippen LogP contribution in [-0.2, 0) is 0 Å². The van der Waals surface area contributed by atoms with E-state index < -0.39 is 0 Å². The van der Waals surface area contributed by atoms with Crippen LogP contribution in [0.5, 0.6) is 0 Å².